The number of aromatic nitrogens is 1. The van der Waals surface area contributed by atoms with Gasteiger partial charge in [-0.05, 0) is 34.5 Å². The Kier molecular flexibility index (Phi) is 8.13. The van der Waals surface area contributed by atoms with Gasteiger partial charge >= 0.3 is 0 Å². The molecule has 2 amide bonds. The minimum atomic E-state index is -0.881. The number of amides is 2. The first kappa shape index (κ1) is 28.5. The van der Waals surface area contributed by atoms with Gasteiger partial charge in [-0.2, -0.15) is 11.3 Å². The lowest BCUT2D eigenvalue weighted by Crippen LogP contribution is -2.71. The molecule has 3 aromatic rings. The van der Waals surface area contributed by atoms with Crippen molar-refractivity contribution < 1.29 is 28.3 Å². The predicted molar refractivity (Wildman–Crippen MR) is 155 cm³/mol. The summed E-state index contributed by atoms with van der Waals surface area (Å²) < 4.78 is 21.1. The number of halogens is 1. The summed E-state index contributed by atoms with van der Waals surface area (Å²) in [6.45, 7) is 7.49. The first-order valence-corrected chi connectivity index (χ1v) is 15.3. The molecule has 3 aliphatic rings. The van der Waals surface area contributed by atoms with Crippen LogP contribution in [0, 0.1) is 5.82 Å². The highest BCUT2D eigenvalue weighted by molar-refractivity contribution is 7.07. The lowest BCUT2D eigenvalue weighted by molar-refractivity contribution is -0.978. The molecule has 2 unspecified atom stereocenters. The zero-order valence-electron chi connectivity index (χ0n) is 23.3. The van der Waals surface area contributed by atoms with Crippen LogP contribution in [0.4, 0.5) is 4.39 Å². The number of morpholine rings is 1. The second-order valence-corrected chi connectivity index (χ2v) is 12.1. The van der Waals surface area contributed by atoms with Gasteiger partial charge in [-0.15, -0.1) is 0 Å². The standard InChI is InChI=1S/C30H34FN5O5S/c31-23-4-2-21(3-5-23)16-32-29(39)24-17-34-18-25-35(30(40)26(34)28(38)27(24)37)7-1-11-36(25,19-22-6-15-42-20-22)12-8-33-9-13-41-14-10-33/h2-6,15,17,20,25H,1,7-14,16,18-19H2,(H-,32,38,39,40)/p+1. The van der Waals surface area contributed by atoms with Crippen molar-refractivity contribution in [3.05, 3.63) is 85.7 Å². The van der Waals surface area contributed by atoms with Gasteiger partial charge in [0, 0.05) is 50.9 Å². The van der Waals surface area contributed by atoms with Crippen LogP contribution in [0.1, 0.15) is 38.4 Å². The number of thiophene rings is 1. The maximum Gasteiger partial charge on any atom is 0.279 e. The SMILES string of the molecule is O=C(NCc1ccc(F)cc1)c1cn2c(c(O)c1=O)C(=O)N1CCC[N+](CCN3CCOCC3)(Cc3ccsc3)C1C2. The molecule has 2 N–H and O–H groups in total. The molecule has 2 aromatic heterocycles. The molecule has 10 nitrogen and oxygen atoms in total. The number of pyridine rings is 1. The number of nitrogens with zero attached hydrogens (tertiary/aromatic N) is 4. The average molecular weight is 597 g/mol. The molecule has 2 saturated heterocycles. The van der Waals surface area contributed by atoms with E-state index in [1.807, 2.05) is 4.90 Å². The van der Waals surface area contributed by atoms with Crippen LogP contribution in [-0.4, -0.2) is 94.4 Å². The average Bonchev–Trinajstić information content (AvgIpc) is 3.51. The number of hydrogen-bond donors (Lipinski definition) is 2. The van der Waals surface area contributed by atoms with Gasteiger partial charge in [0.15, 0.2) is 17.6 Å². The van der Waals surface area contributed by atoms with Crippen molar-refractivity contribution in [3.8, 4) is 5.75 Å². The summed E-state index contributed by atoms with van der Waals surface area (Å²) in [4.78, 5) is 44.3. The summed E-state index contributed by atoms with van der Waals surface area (Å²) in [6, 6.07) is 7.81. The summed E-state index contributed by atoms with van der Waals surface area (Å²) in [5, 5.41) is 17.8. The zero-order chi connectivity index (χ0) is 29.3. The third kappa shape index (κ3) is 5.59. The van der Waals surface area contributed by atoms with E-state index in [4.69, 9.17) is 4.74 Å². The molecule has 0 saturated carbocycles. The molecular formula is C30H35FN5O5S+. The summed E-state index contributed by atoms with van der Waals surface area (Å²) in [7, 11) is 0. The number of benzene rings is 1. The van der Waals surface area contributed by atoms with Gasteiger partial charge in [0.05, 0.1) is 32.8 Å². The van der Waals surface area contributed by atoms with Crippen LogP contribution in [-0.2, 0) is 24.4 Å². The molecule has 0 radical (unpaired) electrons. The van der Waals surface area contributed by atoms with Crippen LogP contribution in [0.25, 0.3) is 0 Å². The summed E-state index contributed by atoms with van der Waals surface area (Å²) in [5.41, 5.74) is 0.684. The number of carbonyl (C=O) groups is 2. The molecule has 0 spiro atoms. The Morgan fingerprint density at radius 1 is 1.12 bits per heavy atom. The smallest absolute Gasteiger partial charge is 0.279 e. The van der Waals surface area contributed by atoms with Crippen molar-refractivity contribution in [1.29, 1.82) is 0 Å². The monoisotopic (exact) mass is 596 g/mol. The number of rotatable bonds is 8. The van der Waals surface area contributed by atoms with Crippen molar-refractivity contribution in [2.75, 3.05) is 52.5 Å². The number of quaternary nitrogens is 1. The van der Waals surface area contributed by atoms with Gasteiger partial charge in [-0.3, -0.25) is 28.7 Å². The number of fused-ring (bicyclic) bond motifs is 2. The topological polar surface area (TPSA) is 104 Å². The third-order valence-corrected chi connectivity index (χ3v) is 9.46. The van der Waals surface area contributed by atoms with E-state index >= 15 is 0 Å². The minimum Gasteiger partial charge on any atom is -0.503 e. The maximum atomic E-state index is 13.9. The van der Waals surface area contributed by atoms with E-state index in [1.54, 1.807) is 28.0 Å². The van der Waals surface area contributed by atoms with Crippen LogP contribution in [0.5, 0.6) is 5.75 Å². The Balaban J connectivity index is 1.31. The number of ether oxygens (including phenoxy) is 1. The van der Waals surface area contributed by atoms with Crippen molar-refractivity contribution in [2.45, 2.75) is 32.2 Å². The molecule has 0 bridgehead atoms. The third-order valence-electron chi connectivity index (χ3n) is 8.73. The maximum absolute atomic E-state index is 13.9. The van der Waals surface area contributed by atoms with E-state index < -0.39 is 23.0 Å². The predicted octanol–water partition coefficient (Wildman–Crippen LogP) is 2.22. The molecule has 5 heterocycles. The number of carbonyl (C=O) groups excluding carboxylic acids is 2. The van der Waals surface area contributed by atoms with E-state index in [0.29, 0.717) is 36.3 Å². The molecule has 222 valence electrons. The van der Waals surface area contributed by atoms with Gasteiger partial charge in [-0.1, -0.05) is 12.1 Å². The summed E-state index contributed by atoms with van der Waals surface area (Å²) in [6.07, 6.45) is 1.99. The van der Waals surface area contributed by atoms with E-state index in [0.717, 1.165) is 45.7 Å². The molecule has 0 aliphatic carbocycles. The van der Waals surface area contributed by atoms with Crippen LogP contribution in [0.2, 0.25) is 0 Å². The summed E-state index contributed by atoms with van der Waals surface area (Å²) in [5.74, 6) is -2.15. The lowest BCUT2D eigenvalue weighted by atomic mass is 10.0. The van der Waals surface area contributed by atoms with Gasteiger partial charge in [0.2, 0.25) is 5.43 Å². The number of aromatic hydroxyl groups is 1. The van der Waals surface area contributed by atoms with Crippen LogP contribution in [0.3, 0.4) is 0 Å². The fourth-order valence-corrected chi connectivity index (χ4v) is 7.13. The second-order valence-electron chi connectivity index (χ2n) is 11.3. The Morgan fingerprint density at radius 3 is 2.64 bits per heavy atom. The molecule has 2 atom stereocenters. The molecule has 12 heteroatoms. The molecule has 42 heavy (non-hydrogen) atoms. The highest BCUT2D eigenvalue weighted by atomic mass is 32.1. The van der Waals surface area contributed by atoms with Crippen molar-refractivity contribution in [3.63, 3.8) is 0 Å². The van der Waals surface area contributed by atoms with Crippen LogP contribution < -0.4 is 10.7 Å². The highest BCUT2D eigenvalue weighted by Gasteiger charge is 2.50. The largest absolute Gasteiger partial charge is 0.503 e. The Labute approximate surface area is 247 Å². The van der Waals surface area contributed by atoms with E-state index in [-0.39, 0.29) is 29.8 Å². The van der Waals surface area contributed by atoms with E-state index in [1.165, 1.54) is 23.9 Å². The van der Waals surface area contributed by atoms with Gasteiger partial charge in [-0.25, -0.2) is 4.39 Å². The molecule has 1 aromatic carbocycles. The fourth-order valence-electron chi connectivity index (χ4n) is 6.47. The highest BCUT2D eigenvalue weighted by Crippen LogP contribution is 2.34. The first-order chi connectivity index (χ1) is 20.3. The summed E-state index contributed by atoms with van der Waals surface area (Å²) >= 11 is 1.65. The quantitative estimate of drug-likeness (QED) is 0.387. The van der Waals surface area contributed by atoms with E-state index in [2.05, 4.69) is 27.0 Å². The van der Waals surface area contributed by atoms with Crippen molar-refractivity contribution in [2.24, 2.45) is 0 Å². The van der Waals surface area contributed by atoms with Gasteiger partial charge in [0.1, 0.15) is 17.9 Å². The van der Waals surface area contributed by atoms with Crippen LogP contribution >= 0.6 is 11.3 Å². The number of nitrogens with one attached hydrogen (secondary N) is 1. The zero-order valence-corrected chi connectivity index (χ0v) is 24.2. The van der Waals surface area contributed by atoms with Crippen molar-refractivity contribution >= 4 is 23.2 Å². The Morgan fingerprint density at radius 2 is 1.90 bits per heavy atom. The molecule has 2 fully saturated rings. The molecular weight excluding hydrogens is 561 g/mol. The fraction of sp³-hybridized carbons (Fsp3) is 0.433. The second kappa shape index (κ2) is 12.0. The normalized spacial score (nSPS) is 22.5. The van der Waals surface area contributed by atoms with Crippen LogP contribution in [0.15, 0.2) is 52.1 Å². The number of hydrogen-bond acceptors (Lipinski definition) is 7. The lowest BCUT2D eigenvalue weighted by Gasteiger charge is -2.54. The Hall–Kier alpha value is -3.58. The molecule has 3 aliphatic heterocycles. The van der Waals surface area contributed by atoms with Gasteiger partial charge in [0.25, 0.3) is 11.8 Å². The van der Waals surface area contributed by atoms with Gasteiger partial charge < -0.3 is 19.7 Å². The van der Waals surface area contributed by atoms with Crippen molar-refractivity contribution in [1.82, 2.24) is 19.7 Å². The van der Waals surface area contributed by atoms with E-state index in [9.17, 15) is 23.9 Å². The Bertz CT molecular complexity index is 1510. The first-order valence-electron chi connectivity index (χ1n) is 14.3. The molecule has 6 rings (SSSR count). The minimum absolute atomic E-state index is 0.0740.